The summed E-state index contributed by atoms with van der Waals surface area (Å²) in [6.07, 6.45) is 1.10. The molecule has 1 saturated heterocycles. The fraction of sp³-hybridized carbons (Fsp3) is 1.00. The average Bonchev–Trinajstić information content (AvgIpc) is 1.93. The van der Waals surface area contributed by atoms with Crippen LogP contribution in [-0.4, -0.2) is 38.9 Å². The van der Waals surface area contributed by atoms with Crippen LogP contribution in [0.3, 0.4) is 0 Å². The molecule has 0 aliphatic carbocycles. The Morgan fingerprint density at radius 3 is 2.82 bits per heavy atom. The van der Waals surface area contributed by atoms with Crippen molar-refractivity contribution >= 4 is 0 Å². The van der Waals surface area contributed by atoms with Crippen molar-refractivity contribution in [1.29, 1.82) is 0 Å². The first-order valence-electron chi connectivity index (χ1n) is 4.28. The van der Waals surface area contributed by atoms with Crippen LogP contribution >= 0.6 is 0 Å². The van der Waals surface area contributed by atoms with Gasteiger partial charge in [-0.2, -0.15) is 0 Å². The molecule has 0 radical (unpaired) electrons. The second-order valence-electron chi connectivity index (χ2n) is 3.20. The van der Waals surface area contributed by atoms with Crippen LogP contribution < -0.4 is 10.6 Å². The van der Waals surface area contributed by atoms with Gasteiger partial charge in [-0.3, -0.25) is 0 Å². The van der Waals surface area contributed by atoms with Crippen molar-refractivity contribution in [2.45, 2.75) is 25.4 Å². The summed E-state index contributed by atoms with van der Waals surface area (Å²) >= 11 is 0. The van der Waals surface area contributed by atoms with Gasteiger partial charge in [-0.15, -0.1) is 0 Å². The molecule has 11 heavy (non-hydrogen) atoms. The summed E-state index contributed by atoms with van der Waals surface area (Å²) in [5.41, 5.74) is 0. The van der Waals surface area contributed by atoms with Crippen LogP contribution in [0.25, 0.3) is 0 Å². The predicted octanol–water partition coefficient (Wildman–Crippen LogP) is -0.0272. The monoisotopic (exact) mass is 158 g/mol. The number of nitrogens with one attached hydrogen (secondary N) is 2. The van der Waals surface area contributed by atoms with Gasteiger partial charge < -0.3 is 15.4 Å². The van der Waals surface area contributed by atoms with Crippen molar-refractivity contribution < 1.29 is 4.74 Å². The highest BCUT2D eigenvalue weighted by Crippen LogP contribution is 1.97. The van der Waals surface area contributed by atoms with E-state index in [1.54, 1.807) is 7.11 Å². The summed E-state index contributed by atoms with van der Waals surface area (Å²) in [6.45, 7) is 5.31. The molecule has 1 fully saturated rings. The minimum Gasteiger partial charge on any atom is -0.385 e. The molecular formula is C8H18N2O. The Morgan fingerprint density at radius 2 is 2.36 bits per heavy atom. The largest absolute Gasteiger partial charge is 0.385 e. The van der Waals surface area contributed by atoms with Gasteiger partial charge in [-0.05, 0) is 13.3 Å². The van der Waals surface area contributed by atoms with E-state index in [1.807, 2.05) is 0 Å². The molecule has 0 amide bonds. The van der Waals surface area contributed by atoms with Crippen molar-refractivity contribution in [3.8, 4) is 0 Å². The summed E-state index contributed by atoms with van der Waals surface area (Å²) in [6, 6.07) is 1.28. The highest BCUT2D eigenvalue weighted by atomic mass is 16.5. The molecular weight excluding hydrogens is 140 g/mol. The van der Waals surface area contributed by atoms with Gasteiger partial charge >= 0.3 is 0 Å². The second kappa shape index (κ2) is 4.70. The molecule has 0 aromatic rings. The molecule has 0 spiro atoms. The molecule has 1 rings (SSSR count). The normalized spacial score (nSPS) is 21.3. The van der Waals surface area contributed by atoms with Gasteiger partial charge in [0.2, 0.25) is 0 Å². The van der Waals surface area contributed by atoms with Gasteiger partial charge in [0.15, 0.2) is 0 Å². The standard InChI is InChI=1S/C8H18N2O/c1-7(3-4-11-2)10-8-5-9-6-8/h7-10H,3-6H2,1-2H3. The lowest BCUT2D eigenvalue weighted by Crippen LogP contribution is -2.57. The van der Waals surface area contributed by atoms with Crippen molar-refractivity contribution in [2.75, 3.05) is 26.8 Å². The second-order valence-corrected chi connectivity index (χ2v) is 3.20. The minimum atomic E-state index is 0.585. The Morgan fingerprint density at radius 1 is 1.64 bits per heavy atom. The molecule has 3 heteroatoms. The molecule has 0 aromatic heterocycles. The predicted molar refractivity (Wildman–Crippen MR) is 45.7 cm³/mol. The topological polar surface area (TPSA) is 33.3 Å². The van der Waals surface area contributed by atoms with E-state index in [0.29, 0.717) is 12.1 Å². The highest BCUT2D eigenvalue weighted by Gasteiger charge is 2.17. The van der Waals surface area contributed by atoms with Crippen LogP contribution in [-0.2, 0) is 4.74 Å². The van der Waals surface area contributed by atoms with Crippen LogP contribution in [0.5, 0.6) is 0 Å². The van der Waals surface area contributed by atoms with E-state index in [0.717, 1.165) is 26.1 Å². The maximum Gasteiger partial charge on any atom is 0.0476 e. The molecule has 66 valence electrons. The average molecular weight is 158 g/mol. The van der Waals surface area contributed by atoms with Gasteiger partial charge in [0, 0.05) is 38.9 Å². The summed E-state index contributed by atoms with van der Waals surface area (Å²) in [5, 5.41) is 6.74. The zero-order valence-corrected chi connectivity index (χ0v) is 7.39. The van der Waals surface area contributed by atoms with Crippen LogP contribution in [0.2, 0.25) is 0 Å². The SMILES string of the molecule is COCCC(C)NC1CNC1. The molecule has 1 aliphatic rings. The first kappa shape index (κ1) is 8.97. The third-order valence-corrected chi connectivity index (χ3v) is 2.06. The van der Waals surface area contributed by atoms with Crippen LogP contribution in [0.15, 0.2) is 0 Å². The Labute approximate surface area is 68.5 Å². The smallest absolute Gasteiger partial charge is 0.0476 e. The summed E-state index contributed by atoms with van der Waals surface area (Å²) in [5.74, 6) is 0. The van der Waals surface area contributed by atoms with Crippen molar-refractivity contribution in [1.82, 2.24) is 10.6 Å². The lowest BCUT2D eigenvalue weighted by atomic mass is 10.1. The summed E-state index contributed by atoms with van der Waals surface area (Å²) in [4.78, 5) is 0. The summed E-state index contributed by atoms with van der Waals surface area (Å²) in [7, 11) is 1.75. The van der Waals surface area contributed by atoms with Crippen molar-refractivity contribution in [3.05, 3.63) is 0 Å². The van der Waals surface area contributed by atoms with E-state index in [-0.39, 0.29) is 0 Å². The maximum absolute atomic E-state index is 4.99. The van der Waals surface area contributed by atoms with E-state index < -0.39 is 0 Å². The fourth-order valence-corrected chi connectivity index (χ4v) is 1.19. The van der Waals surface area contributed by atoms with Crippen LogP contribution in [0, 0.1) is 0 Å². The zero-order valence-electron chi connectivity index (χ0n) is 7.39. The fourth-order valence-electron chi connectivity index (χ4n) is 1.19. The third kappa shape index (κ3) is 3.18. The number of methoxy groups -OCH3 is 1. The van der Waals surface area contributed by atoms with E-state index in [1.165, 1.54) is 0 Å². The number of hydrogen-bond acceptors (Lipinski definition) is 3. The molecule has 1 heterocycles. The molecule has 1 unspecified atom stereocenters. The van der Waals surface area contributed by atoms with E-state index in [9.17, 15) is 0 Å². The first-order valence-corrected chi connectivity index (χ1v) is 4.28. The first-order chi connectivity index (χ1) is 5.33. The molecule has 0 aromatic carbocycles. The number of hydrogen-bond donors (Lipinski definition) is 2. The van der Waals surface area contributed by atoms with Crippen molar-refractivity contribution in [3.63, 3.8) is 0 Å². The van der Waals surface area contributed by atoms with Gasteiger partial charge in [-0.25, -0.2) is 0 Å². The summed E-state index contributed by atoms with van der Waals surface area (Å²) < 4.78 is 4.99. The quantitative estimate of drug-likeness (QED) is 0.589. The molecule has 0 bridgehead atoms. The molecule has 2 N–H and O–H groups in total. The molecule has 3 nitrogen and oxygen atoms in total. The maximum atomic E-state index is 4.99. The molecule has 1 aliphatic heterocycles. The van der Waals surface area contributed by atoms with E-state index in [2.05, 4.69) is 17.6 Å². The zero-order chi connectivity index (χ0) is 8.10. The lowest BCUT2D eigenvalue weighted by molar-refractivity contribution is 0.179. The Kier molecular flexibility index (Phi) is 3.83. The highest BCUT2D eigenvalue weighted by molar-refractivity contribution is 4.83. The van der Waals surface area contributed by atoms with Crippen LogP contribution in [0.1, 0.15) is 13.3 Å². The lowest BCUT2D eigenvalue weighted by Gasteiger charge is -2.31. The van der Waals surface area contributed by atoms with Gasteiger partial charge in [0.25, 0.3) is 0 Å². The van der Waals surface area contributed by atoms with Crippen LogP contribution in [0.4, 0.5) is 0 Å². The van der Waals surface area contributed by atoms with Gasteiger partial charge in [-0.1, -0.05) is 0 Å². The Balaban J connectivity index is 1.95. The molecule has 0 saturated carbocycles. The third-order valence-electron chi connectivity index (χ3n) is 2.06. The van der Waals surface area contributed by atoms with E-state index >= 15 is 0 Å². The minimum absolute atomic E-state index is 0.585. The Hall–Kier alpha value is -0.120. The van der Waals surface area contributed by atoms with Gasteiger partial charge in [0.1, 0.15) is 0 Å². The van der Waals surface area contributed by atoms with Gasteiger partial charge in [0.05, 0.1) is 0 Å². The molecule has 1 atom stereocenters. The van der Waals surface area contributed by atoms with Crippen molar-refractivity contribution in [2.24, 2.45) is 0 Å². The number of rotatable bonds is 5. The Bertz CT molecular complexity index is 104. The van der Waals surface area contributed by atoms with E-state index in [4.69, 9.17) is 4.74 Å². The number of ether oxygens (including phenoxy) is 1.